The zero-order chi connectivity index (χ0) is 6.85. The smallest absolute Gasteiger partial charge is 0.136 e. The number of alkyl halides is 1. The van der Waals surface area contributed by atoms with Crippen LogP contribution in [0.5, 0.6) is 0 Å². The Kier molecular flexibility index (Phi) is 2.24. The molecule has 1 fully saturated rings. The second kappa shape index (κ2) is 2.80. The number of hydrogen-bond donors (Lipinski definition) is 0. The highest BCUT2D eigenvalue weighted by Crippen LogP contribution is 2.16. The van der Waals surface area contributed by atoms with Crippen molar-refractivity contribution in [3.8, 4) is 0 Å². The van der Waals surface area contributed by atoms with E-state index in [1.807, 2.05) is 7.05 Å². The van der Waals surface area contributed by atoms with E-state index in [0.717, 1.165) is 13.0 Å². The molecule has 1 saturated heterocycles. The third-order valence-corrected chi connectivity index (χ3v) is 2.64. The van der Waals surface area contributed by atoms with Gasteiger partial charge < -0.3 is 0 Å². The van der Waals surface area contributed by atoms with Gasteiger partial charge in [-0.05, 0) is 7.05 Å². The number of ketones is 1. The lowest BCUT2D eigenvalue weighted by molar-refractivity contribution is -0.121. The number of likely N-dealkylation sites (tertiary alicyclic amines) is 1. The van der Waals surface area contributed by atoms with Crippen molar-refractivity contribution in [2.24, 2.45) is 0 Å². The van der Waals surface area contributed by atoms with Crippen LogP contribution in [0.1, 0.15) is 12.8 Å². The first-order valence-corrected chi connectivity index (χ1v) is 3.98. The van der Waals surface area contributed by atoms with E-state index in [9.17, 15) is 4.79 Å². The fourth-order valence-corrected chi connectivity index (χ4v) is 1.45. The number of hydrogen-bond acceptors (Lipinski definition) is 2. The van der Waals surface area contributed by atoms with Crippen molar-refractivity contribution in [2.75, 3.05) is 13.6 Å². The predicted molar refractivity (Wildman–Crippen MR) is 39.6 cm³/mol. The van der Waals surface area contributed by atoms with Crippen molar-refractivity contribution in [1.29, 1.82) is 0 Å². The molecule has 1 aliphatic heterocycles. The first kappa shape index (κ1) is 7.22. The summed E-state index contributed by atoms with van der Waals surface area (Å²) in [4.78, 5) is 13.2. The van der Waals surface area contributed by atoms with Gasteiger partial charge in [0.2, 0.25) is 0 Å². The first-order chi connectivity index (χ1) is 4.20. The van der Waals surface area contributed by atoms with Crippen molar-refractivity contribution >= 4 is 21.7 Å². The Morgan fingerprint density at radius 3 is 2.89 bits per heavy atom. The Bertz CT molecular complexity index is 126. The van der Waals surface area contributed by atoms with Crippen LogP contribution >= 0.6 is 15.9 Å². The maximum absolute atomic E-state index is 10.8. The van der Waals surface area contributed by atoms with E-state index in [-0.39, 0.29) is 4.95 Å². The fourth-order valence-electron chi connectivity index (χ4n) is 0.887. The monoisotopic (exact) mass is 191 g/mol. The summed E-state index contributed by atoms with van der Waals surface area (Å²) >= 11 is 3.40. The molecular weight excluding hydrogens is 182 g/mol. The van der Waals surface area contributed by atoms with E-state index in [1.54, 1.807) is 0 Å². The second-order valence-electron chi connectivity index (χ2n) is 2.41. The van der Waals surface area contributed by atoms with E-state index >= 15 is 0 Å². The average molecular weight is 192 g/mol. The van der Waals surface area contributed by atoms with Crippen LogP contribution in [0.3, 0.4) is 0 Å². The van der Waals surface area contributed by atoms with Crippen LogP contribution in [-0.4, -0.2) is 29.2 Å². The molecule has 52 valence electrons. The molecule has 1 aliphatic rings. The Labute approximate surface area is 63.3 Å². The summed E-state index contributed by atoms with van der Waals surface area (Å²) in [6.45, 7) is 0.898. The zero-order valence-corrected chi connectivity index (χ0v) is 7.02. The van der Waals surface area contributed by atoms with Crippen molar-refractivity contribution < 1.29 is 4.79 Å². The predicted octanol–water partition coefficient (Wildman–Crippen LogP) is 1.00. The number of Topliss-reactive ketones (excluding diaryl/α,β-unsaturated/α-hetero) is 1. The van der Waals surface area contributed by atoms with Gasteiger partial charge in [-0.15, -0.1) is 0 Å². The molecule has 1 atom stereocenters. The van der Waals surface area contributed by atoms with Crippen LogP contribution < -0.4 is 0 Å². The lowest BCUT2D eigenvalue weighted by Gasteiger charge is -2.26. The lowest BCUT2D eigenvalue weighted by atomic mass is 10.1. The maximum atomic E-state index is 10.8. The highest BCUT2D eigenvalue weighted by Gasteiger charge is 2.20. The molecule has 3 heteroatoms. The van der Waals surface area contributed by atoms with Crippen molar-refractivity contribution in [3.05, 3.63) is 0 Å². The summed E-state index contributed by atoms with van der Waals surface area (Å²) in [5.41, 5.74) is 0. The number of carbonyl (C=O) groups is 1. The SMILES string of the molecule is CN1CCC(=O)C[C@H]1Br. The van der Waals surface area contributed by atoms with Crippen LogP contribution in [0.4, 0.5) is 0 Å². The Balaban J connectivity index is 2.44. The molecule has 0 saturated carbocycles. The van der Waals surface area contributed by atoms with E-state index < -0.39 is 0 Å². The molecule has 0 aromatic rings. The molecule has 0 bridgehead atoms. The van der Waals surface area contributed by atoms with Crippen LogP contribution in [0.2, 0.25) is 0 Å². The normalized spacial score (nSPS) is 30.9. The van der Waals surface area contributed by atoms with Crippen LogP contribution in [-0.2, 0) is 4.79 Å². The molecule has 0 radical (unpaired) electrons. The molecule has 2 nitrogen and oxygen atoms in total. The number of nitrogens with zero attached hydrogens (tertiary/aromatic N) is 1. The van der Waals surface area contributed by atoms with E-state index in [4.69, 9.17) is 0 Å². The second-order valence-corrected chi connectivity index (χ2v) is 3.46. The summed E-state index contributed by atoms with van der Waals surface area (Å²) in [7, 11) is 2.02. The molecule has 0 unspecified atom stereocenters. The third-order valence-electron chi connectivity index (χ3n) is 1.62. The Morgan fingerprint density at radius 1 is 1.78 bits per heavy atom. The summed E-state index contributed by atoms with van der Waals surface area (Å²) in [6.07, 6.45) is 1.38. The average Bonchev–Trinajstić information content (AvgIpc) is 1.80. The van der Waals surface area contributed by atoms with Crippen LogP contribution in [0.15, 0.2) is 0 Å². The number of rotatable bonds is 0. The molecule has 0 N–H and O–H groups in total. The number of halogens is 1. The molecule has 1 heterocycles. The minimum atomic E-state index is 0.277. The van der Waals surface area contributed by atoms with Gasteiger partial charge in [0.25, 0.3) is 0 Å². The van der Waals surface area contributed by atoms with Gasteiger partial charge >= 0.3 is 0 Å². The lowest BCUT2D eigenvalue weighted by Crippen LogP contribution is -2.35. The highest BCUT2D eigenvalue weighted by molar-refractivity contribution is 9.09. The standard InChI is InChI=1S/C6H10BrNO/c1-8-3-2-5(9)4-6(8)7/h6H,2-4H2,1H3/t6-/m0/s1. The van der Waals surface area contributed by atoms with E-state index in [2.05, 4.69) is 20.8 Å². The third kappa shape index (κ3) is 1.76. The molecule has 0 aromatic carbocycles. The van der Waals surface area contributed by atoms with Gasteiger partial charge in [-0.25, -0.2) is 0 Å². The van der Waals surface area contributed by atoms with Crippen molar-refractivity contribution in [3.63, 3.8) is 0 Å². The van der Waals surface area contributed by atoms with Gasteiger partial charge in [-0.3, -0.25) is 9.69 Å². The van der Waals surface area contributed by atoms with Gasteiger partial charge in [0.15, 0.2) is 0 Å². The maximum Gasteiger partial charge on any atom is 0.136 e. The van der Waals surface area contributed by atoms with Gasteiger partial charge in [-0.1, -0.05) is 15.9 Å². The summed E-state index contributed by atoms with van der Waals surface area (Å²) < 4.78 is 0. The van der Waals surface area contributed by atoms with E-state index in [0.29, 0.717) is 12.2 Å². The highest BCUT2D eigenvalue weighted by atomic mass is 79.9. The van der Waals surface area contributed by atoms with Crippen LogP contribution in [0, 0.1) is 0 Å². The van der Waals surface area contributed by atoms with E-state index in [1.165, 1.54) is 0 Å². The van der Waals surface area contributed by atoms with Gasteiger partial charge in [-0.2, -0.15) is 0 Å². The van der Waals surface area contributed by atoms with Gasteiger partial charge in [0, 0.05) is 19.4 Å². The summed E-state index contributed by atoms with van der Waals surface area (Å²) in [5, 5.41) is 0. The zero-order valence-electron chi connectivity index (χ0n) is 5.43. The molecule has 0 aromatic heterocycles. The topological polar surface area (TPSA) is 20.3 Å². The fraction of sp³-hybridized carbons (Fsp3) is 0.833. The quantitative estimate of drug-likeness (QED) is 0.421. The molecule has 1 rings (SSSR count). The van der Waals surface area contributed by atoms with Gasteiger partial charge in [0.05, 0.1) is 4.95 Å². The molecule has 0 spiro atoms. The number of piperidine rings is 1. The first-order valence-electron chi connectivity index (χ1n) is 3.06. The Morgan fingerprint density at radius 2 is 2.44 bits per heavy atom. The minimum Gasteiger partial charge on any atom is -0.300 e. The Hall–Kier alpha value is 0.110. The minimum absolute atomic E-state index is 0.277. The van der Waals surface area contributed by atoms with Crippen molar-refractivity contribution in [1.82, 2.24) is 4.90 Å². The largest absolute Gasteiger partial charge is 0.300 e. The van der Waals surface area contributed by atoms with Crippen molar-refractivity contribution in [2.45, 2.75) is 17.8 Å². The van der Waals surface area contributed by atoms with Crippen LogP contribution in [0.25, 0.3) is 0 Å². The van der Waals surface area contributed by atoms with Gasteiger partial charge in [0.1, 0.15) is 5.78 Å². The molecule has 0 aliphatic carbocycles. The number of carbonyl (C=O) groups excluding carboxylic acids is 1. The molecular formula is C6H10BrNO. The molecule has 9 heavy (non-hydrogen) atoms. The summed E-state index contributed by atoms with van der Waals surface area (Å²) in [5.74, 6) is 0.370. The summed E-state index contributed by atoms with van der Waals surface area (Å²) in [6, 6.07) is 0. The molecule has 0 amide bonds.